The molecule has 0 fully saturated rings. The zero-order chi connectivity index (χ0) is 9.82. The predicted molar refractivity (Wildman–Crippen MR) is 53.1 cm³/mol. The summed E-state index contributed by atoms with van der Waals surface area (Å²) >= 11 is 0. The van der Waals surface area contributed by atoms with Gasteiger partial charge in [-0.15, -0.1) is 6.58 Å². The van der Waals surface area contributed by atoms with Gasteiger partial charge in [-0.25, -0.2) is 0 Å². The molecule has 0 atom stereocenters. The molecule has 0 aromatic carbocycles. The smallest absolute Gasteiger partial charge is 0.0431 e. The van der Waals surface area contributed by atoms with Crippen molar-refractivity contribution in [2.24, 2.45) is 0 Å². The maximum atomic E-state index is 8.30. The molecule has 0 bridgehead atoms. The lowest BCUT2D eigenvalue weighted by Gasteiger charge is -1.93. The van der Waals surface area contributed by atoms with E-state index in [0.29, 0.717) is 0 Å². The fourth-order valence-corrected chi connectivity index (χ4v) is 0.577. The third kappa shape index (κ3) is 33.4. The summed E-state index contributed by atoms with van der Waals surface area (Å²) in [5.74, 6) is 0. The van der Waals surface area contributed by atoms with Gasteiger partial charge in [-0.05, 0) is 26.7 Å². The first kappa shape index (κ1) is 14.2. The van der Waals surface area contributed by atoms with Crippen molar-refractivity contribution in [2.75, 3.05) is 13.2 Å². The highest BCUT2D eigenvalue weighted by Gasteiger charge is 1.84. The number of aliphatic hydroxyl groups is 2. The Morgan fingerprint density at radius 2 is 1.17 bits per heavy atom. The van der Waals surface area contributed by atoms with Gasteiger partial charge in [-0.2, -0.15) is 0 Å². The van der Waals surface area contributed by atoms with E-state index in [1.165, 1.54) is 5.57 Å². The molecule has 0 amide bonds. The maximum Gasteiger partial charge on any atom is 0.0431 e. The minimum atomic E-state index is 0.283. The van der Waals surface area contributed by atoms with Crippen LogP contribution in [0.3, 0.4) is 0 Å². The number of rotatable bonds is 5. The van der Waals surface area contributed by atoms with Gasteiger partial charge in [0.05, 0.1) is 0 Å². The van der Waals surface area contributed by atoms with Crippen LogP contribution in [-0.2, 0) is 0 Å². The van der Waals surface area contributed by atoms with Crippen molar-refractivity contribution in [1.82, 2.24) is 0 Å². The first-order chi connectivity index (χ1) is 5.65. The van der Waals surface area contributed by atoms with Gasteiger partial charge < -0.3 is 10.2 Å². The Hall–Kier alpha value is -0.340. The number of hydrogen-bond donors (Lipinski definition) is 2. The Labute approximate surface area is 75.9 Å². The molecule has 0 rings (SSSR count). The van der Waals surface area contributed by atoms with Crippen LogP contribution in [0.1, 0.15) is 39.5 Å². The van der Waals surface area contributed by atoms with Gasteiger partial charge in [0.15, 0.2) is 0 Å². The van der Waals surface area contributed by atoms with Gasteiger partial charge in [-0.3, -0.25) is 0 Å². The van der Waals surface area contributed by atoms with Crippen LogP contribution in [0.4, 0.5) is 0 Å². The predicted octanol–water partition coefficient (Wildman–Crippen LogP) is 2.11. The van der Waals surface area contributed by atoms with Crippen LogP contribution in [-0.4, -0.2) is 23.4 Å². The summed E-state index contributed by atoms with van der Waals surface area (Å²) in [7, 11) is 0. The maximum absolute atomic E-state index is 8.30. The molecule has 0 unspecified atom stereocenters. The quantitative estimate of drug-likeness (QED) is 0.495. The van der Waals surface area contributed by atoms with E-state index in [2.05, 4.69) is 6.58 Å². The molecule has 0 saturated heterocycles. The van der Waals surface area contributed by atoms with Gasteiger partial charge in [0.25, 0.3) is 0 Å². The van der Waals surface area contributed by atoms with Gasteiger partial charge in [0, 0.05) is 13.2 Å². The van der Waals surface area contributed by atoms with Crippen LogP contribution >= 0.6 is 0 Å². The summed E-state index contributed by atoms with van der Waals surface area (Å²) in [5, 5.41) is 16.6. The minimum absolute atomic E-state index is 0.283. The van der Waals surface area contributed by atoms with Crippen LogP contribution in [0, 0.1) is 0 Å². The van der Waals surface area contributed by atoms with E-state index in [0.717, 1.165) is 25.7 Å². The number of unbranched alkanes of at least 4 members (excludes halogenated alkanes) is 3. The summed E-state index contributed by atoms with van der Waals surface area (Å²) in [6.45, 7) is 8.07. The monoisotopic (exact) mass is 174 g/mol. The average molecular weight is 174 g/mol. The summed E-state index contributed by atoms with van der Waals surface area (Å²) in [5.41, 5.74) is 1.17. The van der Waals surface area contributed by atoms with Crippen molar-refractivity contribution in [3.05, 3.63) is 12.2 Å². The molecule has 2 N–H and O–H groups in total. The molecule has 0 aliphatic heterocycles. The fraction of sp³-hybridized carbons (Fsp3) is 0.800. The zero-order valence-corrected chi connectivity index (χ0v) is 8.34. The van der Waals surface area contributed by atoms with E-state index in [9.17, 15) is 0 Å². The highest BCUT2D eigenvalue weighted by Crippen LogP contribution is 1.96. The Morgan fingerprint density at radius 3 is 1.33 bits per heavy atom. The lowest BCUT2D eigenvalue weighted by molar-refractivity contribution is 0.265. The van der Waals surface area contributed by atoms with Crippen molar-refractivity contribution in [3.8, 4) is 0 Å². The molecule has 0 aliphatic rings. The molecule has 2 nitrogen and oxygen atoms in total. The number of aliphatic hydroxyl groups excluding tert-OH is 2. The lowest BCUT2D eigenvalue weighted by Crippen LogP contribution is -1.85. The summed E-state index contributed by atoms with van der Waals surface area (Å²) in [4.78, 5) is 0. The Bertz CT molecular complexity index is 79.8. The van der Waals surface area contributed by atoms with Gasteiger partial charge in [-0.1, -0.05) is 18.4 Å². The zero-order valence-electron chi connectivity index (χ0n) is 8.34. The van der Waals surface area contributed by atoms with E-state index in [-0.39, 0.29) is 13.2 Å². The Morgan fingerprint density at radius 1 is 0.917 bits per heavy atom. The van der Waals surface area contributed by atoms with Crippen LogP contribution < -0.4 is 0 Å². The molecule has 12 heavy (non-hydrogen) atoms. The number of hydrogen-bond acceptors (Lipinski definition) is 2. The minimum Gasteiger partial charge on any atom is -0.396 e. The second-order valence-corrected chi connectivity index (χ2v) is 3.07. The fourth-order valence-electron chi connectivity index (χ4n) is 0.577. The van der Waals surface area contributed by atoms with Crippen LogP contribution in [0.15, 0.2) is 12.2 Å². The summed E-state index contributed by atoms with van der Waals surface area (Å²) in [6.07, 6.45) is 3.83. The van der Waals surface area contributed by atoms with E-state index < -0.39 is 0 Å². The molecule has 0 heterocycles. The van der Waals surface area contributed by atoms with Crippen molar-refractivity contribution in [1.29, 1.82) is 0 Å². The normalized spacial score (nSPS) is 8.67. The van der Waals surface area contributed by atoms with Crippen LogP contribution in [0.25, 0.3) is 0 Å². The molecule has 0 saturated carbocycles. The summed E-state index contributed by atoms with van der Waals surface area (Å²) < 4.78 is 0. The largest absolute Gasteiger partial charge is 0.396 e. The molecular weight excluding hydrogens is 152 g/mol. The number of allylic oxidation sites excluding steroid dienone is 1. The van der Waals surface area contributed by atoms with Gasteiger partial charge >= 0.3 is 0 Å². The molecule has 0 radical (unpaired) electrons. The highest BCUT2D eigenvalue weighted by molar-refractivity contribution is 4.78. The molecule has 2 heteroatoms. The standard InChI is InChI=1S/C6H14O2.C4H8/c7-5-3-1-2-4-6-8;1-4(2)3/h7-8H,1-6H2;1H2,2-3H3. The highest BCUT2D eigenvalue weighted by atomic mass is 16.3. The molecule has 0 aromatic rings. The SMILES string of the molecule is C=C(C)C.OCCCCCCO. The lowest BCUT2D eigenvalue weighted by atomic mass is 10.2. The second kappa shape index (κ2) is 13.3. The first-order valence-electron chi connectivity index (χ1n) is 4.49. The topological polar surface area (TPSA) is 40.5 Å². The van der Waals surface area contributed by atoms with Gasteiger partial charge in [0.2, 0.25) is 0 Å². The second-order valence-electron chi connectivity index (χ2n) is 3.07. The van der Waals surface area contributed by atoms with E-state index in [4.69, 9.17) is 10.2 Å². The van der Waals surface area contributed by atoms with E-state index >= 15 is 0 Å². The molecule has 0 spiro atoms. The van der Waals surface area contributed by atoms with Crippen molar-refractivity contribution in [3.63, 3.8) is 0 Å². The molecule has 74 valence electrons. The first-order valence-corrected chi connectivity index (χ1v) is 4.49. The van der Waals surface area contributed by atoms with Crippen LogP contribution in [0.5, 0.6) is 0 Å². The van der Waals surface area contributed by atoms with Crippen molar-refractivity contribution in [2.45, 2.75) is 39.5 Å². The third-order valence-electron chi connectivity index (χ3n) is 1.07. The summed E-state index contributed by atoms with van der Waals surface area (Å²) in [6, 6.07) is 0. The average Bonchev–Trinajstić information content (AvgIpc) is 1.97. The van der Waals surface area contributed by atoms with Crippen molar-refractivity contribution < 1.29 is 10.2 Å². The Kier molecular flexibility index (Phi) is 15.7. The Balaban J connectivity index is 0. The molecule has 0 aliphatic carbocycles. The van der Waals surface area contributed by atoms with Gasteiger partial charge in [0.1, 0.15) is 0 Å². The molecule has 0 aromatic heterocycles. The third-order valence-corrected chi connectivity index (χ3v) is 1.07. The van der Waals surface area contributed by atoms with Crippen LogP contribution in [0.2, 0.25) is 0 Å². The molecular formula is C10H22O2. The van der Waals surface area contributed by atoms with Crippen molar-refractivity contribution >= 4 is 0 Å². The van der Waals surface area contributed by atoms with E-state index in [1.807, 2.05) is 13.8 Å². The van der Waals surface area contributed by atoms with E-state index in [1.54, 1.807) is 0 Å².